The molecule has 21 heavy (non-hydrogen) atoms. The number of carbonyl (C=O) groups excluding carboxylic acids is 1. The number of benzene rings is 1. The standard InChI is InChI=1S/C14H16N2O4.ClH/c1-16(2)14(18)8-19-9-3-4-13-11(5-9)12(17)6-10(7-15)20-13;/h3-6H,7-8,15H2,1-2H3;1H. The van der Waals surface area contributed by atoms with Crippen molar-refractivity contribution >= 4 is 29.3 Å². The molecular weight excluding hydrogens is 296 g/mol. The number of fused-ring (bicyclic) bond motifs is 1. The van der Waals surface area contributed by atoms with Crippen molar-refractivity contribution < 1.29 is 13.9 Å². The van der Waals surface area contributed by atoms with Crippen LogP contribution in [-0.2, 0) is 11.3 Å². The van der Waals surface area contributed by atoms with E-state index in [4.69, 9.17) is 14.9 Å². The van der Waals surface area contributed by atoms with Crippen LogP contribution >= 0.6 is 12.4 Å². The van der Waals surface area contributed by atoms with Gasteiger partial charge in [-0.25, -0.2) is 0 Å². The van der Waals surface area contributed by atoms with Crippen LogP contribution in [0.3, 0.4) is 0 Å². The van der Waals surface area contributed by atoms with Gasteiger partial charge in [-0.1, -0.05) is 0 Å². The maximum Gasteiger partial charge on any atom is 0.259 e. The van der Waals surface area contributed by atoms with Crippen LogP contribution in [0.25, 0.3) is 11.0 Å². The maximum atomic E-state index is 11.9. The summed E-state index contributed by atoms with van der Waals surface area (Å²) in [6, 6.07) is 6.20. The molecule has 1 aromatic heterocycles. The number of halogens is 1. The van der Waals surface area contributed by atoms with E-state index in [1.165, 1.54) is 11.0 Å². The predicted octanol–water partition coefficient (Wildman–Crippen LogP) is 1.14. The van der Waals surface area contributed by atoms with Gasteiger partial charge in [-0.15, -0.1) is 12.4 Å². The third kappa shape index (κ3) is 3.96. The van der Waals surface area contributed by atoms with Gasteiger partial charge in [-0.05, 0) is 18.2 Å². The molecule has 114 valence electrons. The highest BCUT2D eigenvalue weighted by Gasteiger charge is 2.08. The van der Waals surface area contributed by atoms with Gasteiger partial charge in [-0.3, -0.25) is 9.59 Å². The van der Waals surface area contributed by atoms with E-state index in [9.17, 15) is 9.59 Å². The van der Waals surface area contributed by atoms with Gasteiger partial charge < -0.3 is 19.8 Å². The van der Waals surface area contributed by atoms with E-state index in [-0.39, 0.29) is 36.9 Å². The zero-order chi connectivity index (χ0) is 14.7. The van der Waals surface area contributed by atoms with Gasteiger partial charge in [0.15, 0.2) is 12.0 Å². The van der Waals surface area contributed by atoms with Crippen LogP contribution in [-0.4, -0.2) is 31.5 Å². The van der Waals surface area contributed by atoms with E-state index in [0.29, 0.717) is 22.5 Å². The first kappa shape index (κ1) is 17.0. The SMILES string of the molecule is CN(C)C(=O)COc1ccc2oc(CN)cc(=O)c2c1.Cl. The molecule has 0 aliphatic carbocycles. The first-order valence-corrected chi connectivity index (χ1v) is 6.11. The van der Waals surface area contributed by atoms with Crippen LogP contribution in [0, 0.1) is 0 Å². The summed E-state index contributed by atoms with van der Waals surface area (Å²) in [5, 5.41) is 0.400. The van der Waals surface area contributed by atoms with Crippen molar-refractivity contribution in [2.45, 2.75) is 6.54 Å². The zero-order valence-corrected chi connectivity index (χ0v) is 12.6. The van der Waals surface area contributed by atoms with Gasteiger partial charge in [0.2, 0.25) is 0 Å². The van der Waals surface area contributed by atoms with E-state index in [0.717, 1.165) is 0 Å². The van der Waals surface area contributed by atoms with Crippen LogP contribution < -0.4 is 15.9 Å². The fourth-order valence-corrected chi connectivity index (χ4v) is 1.65. The van der Waals surface area contributed by atoms with Crippen molar-refractivity contribution in [2.75, 3.05) is 20.7 Å². The normalized spacial score (nSPS) is 10.0. The number of hydrogen-bond donors (Lipinski definition) is 1. The number of nitrogens with zero attached hydrogens (tertiary/aromatic N) is 1. The van der Waals surface area contributed by atoms with Crippen molar-refractivity contribution in [1.82, 2.24) is 4.90 Å². The molecule has 0 aliphatic rings. The van der Waals surface area contributed by atoms with Crippen LogP contribution in [0.15, 0.2) is 33.5 Å². The number of amides is 1. The minimum atomic E-state index is -0.184. The summed E-state index contributed by atoms with van der Waals surface area (Å²) in [7, 11) is 3.30. The van der Waals surface area contributed by atoms with Crippen molar-refractivity contribution in [3.05, 3.63) is 40.2 Å². The molecule has 2 rings (SSSR count). The highest BCUT2D eigenvalue weighted by molar-refractivity contribution is 5.85. The van der Waals surface area contributed by atoms with Crippen LogP contribution in [0.4, 0.5) is 0 Å². The molecule has 1 heterocycles. The summed E-state index contributed by atoms with van der Waals surface area (Å²) >= 11 is 0. The molecule has 2 aromatic rings. The summed E-state index contributed by atoms with van der Waals surface area (Å²) in [6.07, 6.45) is 0. The first-order chi connectivity index (χ1) is 9.51. The second kappa shape index (κ2) is 7.10. The number of rotatable bonds is 4. The molecule has 0 saturated heterocycles. The molecule has 2 N–H and O–H groups in total. The van der Waals surface area contributed by atoms with E-state index >= 15 is 0 Å². The minimum Gasteiger partial charge on any atom is -0.484 e. The molecule has 0 bridgehead atoms. The quantitative estimate of drug-likeness (QED) is 0.915. The van der Waals surface area contributed by atoms with E-state index in [1.54, 1.807) is 32.3 Å². The topological polar surface area (TPSA) is 85.8 Å². The van der Waals surface area contributed by atoms with Gasteiger partial charge >= 0.3 is 0 Å². The largest absolute Gasteiger partial charge is 0.484 e. The fourth-order valence-electron chi connectivity index (χ4n) is 1.65. The lowest BCUT2D eigenvalue weighted by Crippen LogP contribution is -2.27. The van der Waals surface area contributed by atoms with Crippen molar-refractivity contribution in [2.24, 2.45) is 5.73 Å². The van der Waals surface area contributed by atoms with Gasteiger partial charge in [0.05, 0.1) is 11.9 Å². The fraction of sp³-hybridized carbons (Fsp3) is 0.286. The lowest BCUT2D eigenvalue weighted by molar-refractivity contribution is -0.130. The lowest BCUT2D eigenvalue weighted by atomic mass is 10.2. The van der Waals surface area contributed by atoms with Gasteiger partial charge in [0.25, 0.3) is 5.91 Å². The first-order valence-electron chi connectivity index (χ1n) is 6.11. The smallest absolute Gasteiger partial charge is 0.259 e. The maximum absolute atomic E-state index is 11.9. The number of hydrogen-bond acceptors (Lipinski definition) is 5. The Balaban J connectivity index is 0.00000220. The van der Waals surface area contributed by atoms with E-state index in [2.05, 4.69) is 0 Å². The third-order valence-electron chi connectivity index (χ3n) is 2.81. The molecule has 6 nitrogen and oxygen atoms in total. The summed E-state index contributed by atoms with van der Waals surface area (Å²) in [6.45, 7) is 0.0888. The monoisotopic (exact) mass is 312 g/mol. The molecule has 1 amide bonds. The Morgan fingerprint density at radius 2 is 2.05 bits per heavy atom. The van der Waals surface area contributed by atoms with Gasteiger partial charge in [-0.2, -0.15) is 0 Å². The van der Waals surface area contributed by atoms with Crippen LogP contribution in [0.5, 0.6) is 5.75 Å². The summed E-state index contributed by atoms with van der Waals surface area (Å²) in [5.41, 5.74) is 5.71. The second-order valence-corrected chi connectivity index (χ2v) is 4.52. The predicted molar refractivity (Wildman–Crippen MR) is 81.8 cm³/mol. The molecule has 0 atom stereocenters. The molecule has 0 saturated carbocycles. The van der Waals surface area contributed by atoms with Crippen LogP contribution in [0.1, 0.15) is 5.76 Å². The summed E-state index contributed by atoms with van der Waals surface area (Å²) in [5.74, 6) is 0.718. The summed E-state index contributed by atoms with van der Waals surface area (Å²) in [4.78, 5) is 24.8. The number of carbonyl (C=O) groups is 1. The van der Waals surface area contributed by atoms with Crippen LogP contribution in [0.2, 0.25) is 0 Å². The zero-order valence-electron chi connectivity index (χ0n) is 11.8. The Morgan fingerprint density at radius 3 is 2.67 bits per heavy atom. The third-order valence-corrected chi connectivity index (χ3v) is 2.81. The molecule has 7 heteroatoms. The van der Waals surface area contributed by atoms with Crippen molar-refractivity contribution in [3.8, 4) is 5.75 Å². The highest BCUT2D eigenvalue weighted by Crippen LogP contribution is 2.19. The molecule has 0 radical (unpaired) electrons. The summed E-state index contributed by atoms with van der Waals surface area (Å²) < 4.78 is 10.8. The van der Waals surface area contributed by atoms with E-state index < -0.39 is 0 Å². The van der Waals surface area contributed by atoms with Crippen molar-refractivity contribution in [3.63, 3.8) is 0 Å². The second-order valence-electron chi connectivity index (χ2n) is 4.52. The number of ether oxygens (including phenoxy) is 1. The highest BCUT2D eigenvalue weighted by atomic mass is 35.5. The number of nitrogens with two attached hydrogens (primary N) is 1. The van der Waals surface area contributed by atoms with Crippen molar-refractivity contribution in [1.29, 1.82) is 0 Å². The van der Waals surface area contributed by atoms with E-state index in [1.807, 2.05) is 0 Å². The molecule has 1 aromatic carbocycles. The lowest BCUT2D eigenvalue weighted by Gasteiger charge is -2.11. The Morgan fingerprint density at radius 1 is 1.33 bits per heavy atom. The average molecular weight is 313 g/mol. The Labute approximate surface area is 127 Å². The number of likely N-dealkylation sites (N-methyl/N-ethyl adjacent to an activating group) is 1. The van der Waals surface area contributed by atoms with Gasteiger partial charge in [0, 0.05) is 20.2 Å². The Kier molecular flexibility index (Phi) is 5.75. The molecule has 0 unspecified atom stereocenters. The molecule has 0 spiro atoms. The Hall–Kier alpha value is -2.05. The van der Waals surface area contributed by atoms with Gasteiger partial charge in [0.1, 0.15) is 17.1 Å². The minimum absolute atomic E-state index is 0. The Bertz CT molecular complexity index is 697. The molecule has 0 fully saturated rings. The average Bonchev–Trinajstić information content (AvgIpc) is 2.44. The molecule has 0 aliphatic heterocycles. The molecular formula is C14H17ClN2O4.